The van der Waals surface area contributed by atoms with Gasteiger partial charge < -0.3 is 9.84 Å². The molecule has 0 aliphatic rings. The molecule has 0 fully saturated rings. The number of nitrogens with zero attached hydrogens (tertiary/aromatic N) is 5. The van der Waals surface area contributed by atoms with Gasteiger partial charge in [-0.1, -0.05) is 23.4 Å². The van der Waals surface area contributed by atoms with E-state index in [1.54, 1.807) is 19.9 Å². The van der Waals surface area contributed by atoms with Gasteiger partial charge >= 0.3 is 0 Å². The molecule has 10 heteroatoms. The highest BCUT2D eigenvalue weighted by Gasteiger charge is 2.23. The third-order valence-electron chi connectivity index (χ3n) is 3.45. The van der Waals surface area contributed by atoms with Crippen LogP contribution >= 0.6 is 0 Å². The highest BCUT2D eigenvalue weighted by Crippen LogP contribution is 2.12. The molecule has 3 aromatic rings. The highest BCUT2D eigenvalue weighted by atomic mass is 32.2. The maximum absolute atomic E-state index is 12.5. The molecule has 1 amide bonds. The molecule has 1 aromatic carbocycles. The first-order chi connectivity index (χ1) is 12.0. The van der Waals surface area contributed by atoms with E-state index in [9.17, 15) is 9.00 Å². The first-order valence-electron chi connectivity index (χ1n) is 7.48. The summed E-state index contributed by atoms with van der Waals surface area (Å²) in [4.78, 5) is 12.2. The van der Waals surface area contributed by atoms with E-state index in [0.29, 0.717) is 17.4 Å². The van der Waals surface area contributed by atoms with Crippen molar-refractivity contribution in [1.82, 2.24) is 25.4 Å². The number of nitrogens with one attached hydrogen (secondary N) is 1. The van der Waals surface area contributed by atoms with Gasteiger partial charge in [0.25, 0.3) is 0 Å². The lowest BCUT2D eigenvalue weighted by Crippen LogP contribution is -2.30. The molecule has 25 heavy (non-hydrogen) atoms. The molecule has 0 aliphatic carbocycles. The Labute approximate surface area is 145 Å². The number of hydrogen-bond donors (Lipinski definition) is 1. The smallest absolute Gasteiger partial charge is 0.241 e. The lowest BCUT2D eigenvalue weighted by atomic mass is 10.3. The maximum atomic E-state index is 12.5. The maximum Gasteiger partial charge on any atom is 0.241 e. The van der Waals surface area contributed by atoms with Gasteiger partial charge in [-0.25, -0.2) is 0 Å². The fourth-order valence-corrected chi connectivity index (χ4v) is 3.07. The Morgan fingerprint density at radius 3 is 2.80 bits per heavy atom. The minimum Gasteiger partial charge on any atom is -0.360 e. The number of carbonyl (C=O) groups is 1. The standard InChI is InChI=1S/C15H16N6O3S/c1-10-8-13(18-24-10)16-15(22)11(2)25(23)9-14-17-19-20-21(14)12-6-4-3-5-7-12/h3-8,11H,9H2,1-2H3,(H,16,18,22)/t11-,25-/m0/s1. The molecule has 9 nitrogen and oxygen atoms in total. The Morgan fingerprint density at radius 2 is 2.12 bits per heavy atom. The molecule has 0 radical (unpaired) electrons. The summed E-state index contributed by atoms with van der Waals surface area (Å²) < 4.78 is 18.9. The van der Waals surface area contributed by atoms with Crippen LogP contribution in [0.3, 0.4) is 0 Å². The monoisotopic (exact) mass is 360 g/mol. The van der Waals surface area contributed by atoms with Gasteiger partial charge in [-0.2, -0.15) is 4.68 Å². The molecule has 2 atom stereocenters. The quantitative estimate of drug-likeness (QED) is 0.703. The Balaban J connectivity index is 1.68. The lowest BCUT2D eigenvalue weighted by molar-refractivity contribution is -0.115. The van der Waals surface area contributed by atoms with Crippen LogP contribution < -0.4 is 5.32 Å². The predicted molar refractivity (Wildman–Crippen MR) is 90.3 cm³/mol. The Kier molecular flexibility index (Phi) is 4.98. The molecule has 130 valence electrons. The van der Waals surface area contributed by atoms with Crippen molar-refractivity contribution in [2.24, 2.45) is 0 Å². The van der Waals surface area contributed by atoms with Gasteiger partial charge in [-0.15, -0.1) is 5.10 Å². The van der Waals surface area contributed by atoms with Crippen molar-refractivity contribution in [3.63, 3.8) is 0 Å². The third-order valence-corrected chi connectivity index (χ3v) is 4.99. The van der Waals surface area contributed by atoms with Crippen LogP contribution in [0.1, 0.15) is 18.5 Å². The number of carbonyl (C=O) groups excluding carboxylic acids is 1. The van der Waals surface area contributed by atoms with Crippen LogP contribution in [0.2, 0.25) is 0 Å². The van der Waals surface area contributed by atoms with Gasteiger partial charge in [0.2, 0.25) is 5.91 Å². The molecule has 0 unspecified atom stereocenters. The van der Waals surface area contributed by atoms with E-state index in [4.69, 9.17) is 4.52 Å². The molecule has 0 spiro atoms. The van der Waals surface area contributed by atoms with E-state index >= 15 is 0 Å². The number of tetrazole rings is 1. The Hall–Kier alpha value is -2.88. The summed E-state index contributed by atoms with van der Waals surface area (Å²) >= 11 is 0. The SMILES string of the molecule is Cc1cc(NC(=O)[C@H](C)[S@@](=O)Cc2nnnn2-c2ccccc2)no1. The number of para-hydroxylation sites is 1. The fraction of sp³-hybridized carbons (Fsp3) is 0.267. The van der Waals surface area contributed by atoms with Crippen LogP contribution in [-0.2, 0) is 21.3 Å². The predicted octanol–water partition coefficient (Wildman–Crippen LogP) is 1.23. The van der Waals surface area contributed by atoms with E-state index in [2.05, 4.69) is 26.0 Å². The first kappa shape index (κ1) is 17.0. The van der Waals surface area contributed by atoms with Crippen LogP contribution in [0.25, 0.3) is 5.69 Å². The molecule has 0 saturated heterocycles. The second-order valence-electron chi connectivity index (χ2n) is 5.32. The number of anilines is 1. The number of benzene rings is 1. The zero-order valence-corrected chi connectivity index (χ0v) is 14.4. The number of aromatic nitrogens is 5. The Bertz CT molecular complexity index is 892. The van der Waals surface area contributed by atoms with Gasteiger partial charge in [0.1, 0.15) is 11.0 Å². The van der Waals surface area contributed by atoms with Crippen molar-refractivity contribution < 1.29 is 13.5 Å². The van der Waals surface area contributed by atoms with Crippen LogP contribution in [0.5, 0.6) is 0 Å². The number of aryl methyl sites for hydroxylation is 1. The molecule has 0 bridgehead atoms. The summed E-state index contributed by atoms with van der Waals surface area (Å²) in [6.45, 7) is 3.29. The van der Waals surface area contributed by atoms with Gasteiger partial charge in [-0.05, 0) is 36.4 Å². The summed E-state index contributed by atoms with van der Waals surface area (Å²) in [5.41, 5.74) is 0.759. The number of rotatable bonds is 6. The van der Waals surface area contributed by atoms with Crippen LogP contribution in [0.15, 0.2) is 40.9 Å². The topological polar surface area (TPSA) is 116 Å². The third kappa shape index (κ3) is 3.97. The van der Waals surface area contributed by atoms with Crippen LogP contribution in [0.4, 0.5) is 5.82 Å². The summed E-state index contributed by atoms with van der Waals surface area (Å²) in [6.07, 6.45) is 0. The van der Waals surface area contributed by atoms with Gasteiger partial charge in [0.05, 0.1) is 11.4 Å². The summed E-state index contributed by atoms with van der Waals surface area (Å²) in [6, 6.07) is 10.9. The molecule has 2 aromatic heterocycles. The lowest BCUT2D eigenvalue weighted by Gasteiger charge is -2.10. The van der Waals surface area contributed by atoms with Gasteiger partial charge in [0.15, 0.2) is 11.6 Å². The fourth-order valence-electron chi connectivity index (χ4n) is 2.09. The average molecular weight is 360 g/mol. The zero-order chi connectivity index (χ0) is 17.8. The van der Waals surface area contributed by atoms with Gasteiger partial charge in [-0.3, -0.25) is 9.00 Å². The zero-order valence-electron chi connectivity index (χ0n) is 13.6. The van der Waals surface area contributed by atoms with E-state index in [1.165, 1.54) is 4.68 Å². The summed E-state index contributed by atoms with van der Waals surface area (Å²) in [5.74, 6) is 0.923. The summed E-state index contributed by atoms with van der Waals surface area (Å²) in [5, 5.41) is 16.9. The number of hydrogen-bond acceptors (Lipinski definition) is 7. The molecule has 3 rings (SSSR count). The molecule has 0 saturated carbocycles. The Morgan fingerprint density at radius 1 is 1.36 bits per heavy atom. The van der Waals surface area contributed by atoms with Crippen molar-refractivity contribution in [3.05, 3.63) is 48.0 Å². The van der Waals surface area contributed by atoms with Crippen molar-refractivity contribution in [3.8, 4) is 5.69 Å². The van der Waals surface area contributed by atoms with Crippen LogP contribution in [0, 0.1) is 6.92 Å². The van der Waals surface area contributed by atoms with E-state index in [0.717, 1.165) is 5.69 Å². The highest BCUT2D eigenvalue weighted by molar-refractivity contribution is 7.85. The molecular weight excluding hydrogens is 344 g/mol. The van der Waals surface area contributed by atoms with E-state index < -0.39 is 22.0 Å². The molecule has 2 heterocycles. The van der Waals surface area contributed by atoms with E-state index in [-0.39, 0.29) is 5.75 Å². The van der Waals surface area contributed by atoms with Crippen molar-refractivity contribution >= 4 is 22.5 Å². The normalized spacial score (nSPS) is 13.4. The largest absolute Gasteiger partial charge is 0.360 e. The second kappa shape index (κ2) is 7.34. The summed E-state index contributed by atoms with van der Waals surface area (Å²) in [7, 11) is -1.51. The molecule has 1 N–H and O–H groups in total. The average Bonchev–Trinajstić information content (AvgIpc) is 3.23. The molecular formula is C15H16N6O3S. The van der Waals surface area contributed by atoms with E-state index in [1.807, 2.05) is 30.3 Å². The minimum absolute atomic E-state index is 0.0499. The van der Waals surface area contributed by atoms with Crippen molar-refractivity contribution in [1.29, 1.82) is 0 Å². The first-order valence-corrected chi connectivity index (χ1v) is 8.87. The second-order valence-corrected chi connectivity index (χ2v) is 7.08. The van der Waals surface area contributed by atoms with Crippen LogP contribution in [-0.4, -0.2) is 40.7 Å². The minimum atomic E-state index is -1.51. The van der Waals surface area contributed by atoms with Crippen molar-refractivity contribution in [2.45, 2.75) is 24.9 Å². The van der Waals surface area contributed by atoms with Gasteiger partial charge in [0, 0.05) is 16.9 Å². The molecule has 0 aliphatic heterocycles. The number of amides is 1. The van der Waals surface area contributed by atoms with Crippen molar-refractivity contribution in [2.75, 3.05) is 5.32 Å².